The van der Waals surface area contributed by atoms with Crippen LogP contribution in [0.2, 0.25) is 0 Å². The van der Waals surface area contributed by atoms with Gasteiger partial charge in [0.25, 0.3) is 0 Å². The van der Waals surface area contributed by atoms with Gasteiger partial charge in [0, 0.05) is 19.8 Å². The van der Waals surface area contributed by atoms with E-state index in [0.29, 0.717) is 5.47 Å². The topological polar surface area (TPSA) is 43.7 Å². The molecule has 72 valence electrons. The molecule has 0 rings (SSSR count). The van der Waals surface area contributed by atoms with Gasteiger partial charge in [0.1, 0.15) is 0 Å². The van der Waals surface area contributed by atoms with Gasteiger partial charge in [0.05, 0.1) is 0 Å². The Morgan fingerprint density at radius 2 is 1.85 bits per heavy atom. The standard InChI is InChI=1S/C9H16BNO2/c1-5-9(10(12)13)7-6-8(2)11(3)4/h5-7,12-13H,2H2,1,3-4H3/b7-6-,9-5+. The molecule has 4 heteroatoms. The Labute approximate surface area is 79.8 Å². The molecule has 0 amide bonds. The highest BCUT2D eigenvalue weighted by atomic mass is 16.4. The molecule has 0 aromatic carbocycles. The molecule has 0 radical (unpaired) electrons. The van der Waals surface area contributed by atoms with E-state index in [1.165, 1.54) is 0 Å². The first-order chi connectivity index (χ1) is 5.99. The average molecular weight is 181 g/mol. The van der Waals surface area contributed by atoms with Gasteiger partial charge in [-0.05, 0) is 18.5 Å². The predicted molar refractivity (Wildman–Crippen MR) is 55.9 cm³/mol. The summed E-state index contributed by atoms with van der Waals surface area (Å²) in [5.41, 5.74) is 1.27. The molecule has 0 atom stereocenters. The molecule has 0 aliphatic rings. The van der Waals surface area contributed by atoms with E-state index in [2.05, 4.69) is 6.58 Å². The quantitative estimate of drug-likeness (QED) is 0.492. The van der Waals surface area contributed by atoms with Crippen molar-refractivity contribution in [3.63, 3.8) is 0 Å². The van der Waals surface area contributed by atoms with Gasteiger partial charge in [-0.2, -0.15) is 0 Å². The van der Waals surface area contributed by atoms with E-state index in [0.717, 1.165) is 5.70 Å². The third kappa shape index (κ3) is 4.55. The monoisotopic (exact) mass is 181 g/mol. The van der Waals surface area contributed by atoms with E-state index in [4.69, 9.17) is 10.0 Å². The molecule has 0 saturated carbocycles. The molecule has 0 aliphatic heterocycles. The summed E-state index contributed by atoms with van der Waals surface area (Å²) in [6.45, 7) is 5.52. The minimum absolute atomic E-state index is 0.461. The lowest BCUT2D eigenvalue weighted by molar-refractivity contribution is 0.420. The Morgan fingerprint density at radius 1 is 1.31 bits per heavy atom. The van der Waals surface area contributed by atoms with Crippen LogP contribution in [0.5, 0.6) is 0 Å². The van der Waals surface area contributed by atoms with Crippen LogP contribution in [0.4, 0.5) is 0 Å². The fraction of sp³-hybridized carbons (Fsp3) is 0.333. The van der Waals surface area contributed by atoms with Gasteiger partial charge in [-0.15, -0.1) is 0 Å². The number of hydrogen-bond acceptors (Lipinski definition) is 3. The van der Waals surface area contributed by atoms with Crippen molar-refractivity contribution >= 4 is 7.12 Å². The Hall–Kier alpha value is -0.995. The smallest absolute Gasteiger partial charge is 0.423 e. The normalized spacial score (nSPS) is 11.9. The minimum Gasteiger partial charge on any atom is -0.423 e. The number of allylic oxidation sites excluding steroid dienone is 4. The molecule has 0 fully saturated rings. The molecule has 0 aromatic rings. The molecule has 0 spiro atoms. The molecular formula is C9H16BNO2. The van der Waals surface area contributed by atoms with Gasteiger partial charge >= 0.3 is 7.12 Å². The van der Waals surface area contributed by atoms with Crippen molar-refractivity contribution in [2.24, 2.45) is 0 Å². The highest BCUT2D eigenvalue weighted by Crippen LogP contribution is 2.03. The molecular weight excluding hydrogens is 165 g/mol. The number of hydrogen-bond donors (Lipinski definition) is 2. The largest absolute Gasteiger partial charge is 0.488 e. The fourth-order valence-corrected chi connectivity index (χ4v) is 0.673. The van der Waals surface area contributed by atoms with Crippen molar-refractivity contribution in [1.82, 2.24) is 4.90 Å². The molecule has 2 N–H and O–H groups in total. The molecule has 13 heavy (non-hydrogen) atoms. The van der Waals surface area contributed by atoms with Crippen LogP contribution in [0.1, 0.15) is 6.92 Å². The summed E-state index contributed by atoms with van der Waals surface area (Å²) in [5, 5.41) is 17.7. The van der Waals surface area contributed by atoms with Gasteiger partial charge in [0.2, 0.25) is 0 Å². The third-order valence-electron chi connectivity index (χ3n) is 1.67. The second-order valence-corrected chi connectivity index (χ2v) is 2.88. The Balaban J connectivity index is 4.34. The number of likely N-dealkylation sites (N-methyl/N-ethyl adjacent to an activating group) is 1. The molecule has 0 heterocycles. The van der Waals surface area contributed by atoms with Crippen LogP contribution < -0.4 is 0 Å². The number of rotatable bonds is 4. The average Bonchev–Trinajstić information content (AvgIpc) is 2.04. The Bertz CT molecular complexity index is 232. The van der Waals surface area contributed by atoms with Crippen molar-refractivity contribution in [3.8, 4) is 0 Å². The Kier molecular flexibility index (Phi) is 5.19. The fourth-order valence-electron chi connectivity index (χ4n) is 0.673. The zero-order valence-corrected chi connectivity index (χ0v) is 8.36. The highest BCUT2D eigenvalue weighted by molar-refractivity contribution is 6.51. The zero-order valence-electron chi connectivity index (χ0n) is 8.36. The van der Waals surface area contributed by atoms with E-state index in [9.17, 15) is 0 Å². The molecule has 0 aromatic heterocycles. The predicted octanol–water partition coefficient (Wildman–Crippen LogP) is 0.576. The van der Waals surface area contributed by atoms with Gasteiger partial charge in [-0.25, -0.2) is 0 Å². The van der Waals surface area contributed by atoms with Gasteiger partial charge < -0.3 is 14.9 Å². The molecule has 0 unspecified atom stereocenters. The van der Waals surface area contributed by atoms with E-state index in [1.807, 2.05) is 19.0 Å². The van der Waals surface area contributed by atoms with Gasteiger partial charge in [-0.3, -0.25) is 0 Å². The summed E-state index contributed by atoms with van der Waals surface area (Å²) >= 11 is 0. The molecule has 3 nitrogen and oxygen atoms in total. The van der Waals surface area contributed by atoms with Crippen LogP contribution in [0.25, 0.3) is 0 Å². The maximum Gasteiger partial charge on any atom is 0.488 e. The summed E-state index contributed by atoms with van der Waals surface area (Å²) in [6.07, 6.45) is 5.01. The van der Waals surface area contributed by atoms with Gasteiger partial charge in [0.15, 0.2) is 0 Å². The van der Waals surface area contributed by atoms with Crippen LogP contribution in [0, 0.1) is 0 Å². The van der Waals surface area contributed by atoms with Crippen LogP contribution in [-0.4, -0.2) is 36.2 Å². The van der Waals surface area contributed by atoms with Crippen LogP contribution in [0.3, 0.4) is 0 Å². The number of nitrogens with zero attached hydrogens (tertiary/aromatic N) is 1. The third-order valence-corrected chi connectivity index (χ3v) is 1.67. The summed E-state index contributed by atoms with van der Waals surface area (Å²) < 4.78 is 0. The van der Waals surface area contributed by atoms with E-state index in [1.54, 1.807) is 25.2 Å². The summed E-state index contributed by atoms with van der Waals surface area (Å²) in [5.74, 6) is 0. The maximum atomic E-state index is 8.86. The van der Waals surface area contributed by atoms with E-state index in [-0.39, 0.29) is 0 Å². The second-order valence-electron chi connectivity index (χ2n) is 2.88. The molecule has 0 aliphatic carbocycles. The van der Waals surface area contributed by atoms with E-state index < -0.39 is 7.12 Å². The van der Waals surface area contributed by atoms with Crippen molar-refractivity contribution in [1.29, 1.82) is 0 Å². The SMILES string of the molecule is C=C(/C=C\C(=C/C)B(O)O)N(C)C. The van der Waals surface area contributed by atoms with Crippen molar-refractivity contribution in [2.75, 3.05) is 14.1 Å². The minimum atomic E-state index is -1.42. The van der Waals surface area contributed by atoms with Crippen LogP contribution in [0.15, 0.2) is 36.0 Å². The van der Waals surface area contributed by atoms with E-state index >= 15 is 0 Å². The first-order valence-corrected chi connectivity index (χ1v) is 4.05. The summed E-state index contributed by atoms with van der Waals surface area (Å²) in [6, 6.07) is 0. The van der Waals surface area contributed by atoms with Crippen molar-refractivity contribution < 1.29 is 10.0 Å². The van der Waals surface area contributed by atoms with Crippen molar-refractivity contribution in [3.05, 3.63) is 36.0 Å². The lowest BCUT2D eigenvalue weighted by Crippen LogP contribution is -2.14. The molecule has 0 saturated heterocycles. The summed E-state index contributed by atoms with van der Waals surface area (Å²) in [4.78, 5) is 1.84. The second kappa shape index (κ2) is 5.62. The van der Waals surface area contributed by atoms with Crippen LogP contribution >= 0.6 is 0 Å². The lowest BCUT2D eigenvalue weighted by atomic mass is 9.79. The maximum absolute atomic E-state index is 8.86. The summed E-state index contributed by atoms with van der Waals surface area (Å²) in [7, 11) is 2.32. The van der Waals surface area contributed by atoms with Gasteiger partial charge in [-0.1, -0.05) is 18.7 Å². The first-order valence-electron chi connectivity index (χ1n) is 4.05. The zero-order chi connectivity index (χ0) is 10.4. The Morgan fingerprint density at radius 3 is 2.15 bits per heavy atom. The van der Waals surface area contributed by atoms with Crippen LogP contribution in [-0.2, 0) is 0 Å². The van der Waals surface area contributed by atoms with Crippen molar-refractivity contribution in [2.45, 2.75) is 6.92 Å². The highest BCUT2D eigenvalue weighted by Gasteiger charge is 2.09. The molecule has 0 bridgehead atoms. The lowest BCUT2D eigenvalue weighted by Gasteiger charge is -2.11. The first kappa shape index (κ1) is 12.0.